The van der Waals surface area contributed by atoms with Gasteiger partial charge in [0.05, 0.1) is 0 Å². The van der Waals surface area contributed by atoms with E-state index in [1.54, 1.807) is 26.1 Å². The van der Waals surface area contributed by atoms with Gasteiger partial charge in [0.25, 0.3) is 0 Å². The first kappa shape index (κ1) is 25.7. The SMILES string of the molecule is COCCC1(CNC(=NCC(=O)N(C)C)NCCc2ccccc2)CCCC1.I. The molecule has 1 fully saturated rings. The molecular formula is C22H37IN4O2. The van der Waals surface area contributed by atoms with E-state index >= 15 is 0 Å². The van der Waals surface area contributed by atoms with E-state index in [0.29, 0.717) is 0 Å². The molecule has 7 heteroatoms. The number of nitrogens with zero attached hydrogens (tertiary/aromatic N) is 2. The number of carbonyl (C=O) groups is 1. The van der Waals surface area contributed by atoms with Crippen LogP contribution in [0.1, 0.15) is 37.7 Å². The summed E-state index contributed by atoms with van der Waals surface area (Å²) in [6, 6.07) is 10.4. The summed E-state index contributed by atoms with van der Waals surface area (Å²) in [4.78, 5) is 18.0. The third kappa shape index (κ3) is 9.33. The van der Waals surface area contributed by atoms with E-state index in [1.165, 1.54) is 31.2 Å². The molecule has 0 radical (unpaired) electrons. The molecule has 2 rings (SSSR count). The number of ether oxygens (including phenoxy) is 1. The minimum Gasteiger partial charge on any atom is -0.385 e. The first-order chi connectivity index (χ1) is 13.5. The summed E-state index contributed by atoms with van der Waals surface area (Å²) < 4.78 is 5.33. The van der Waals surface area contributed by atoms with Crippen molar-refractivity contribution in [3.8, 4) is 0 Å². The molecular weight excluding hydrogens is 479 g/mol. The zero-order valence-electron chi connectivity index (χ0n) is 18.1. The maximum absolute atomic E-state index is 12.0. The third-order valence-electron chi connectivity index (χ3n) is 5.55. The average molecular weight is 516 g/mol. The molecule has 1 aromatic carbocycles. The Labute approximate surface area is 192 Å². The van der Waals surface area contributed by atoms with Gasteiger partial charge < -0.3 is 20.3 Å². The highest BCUT2D eigenvalue weighted by Crippen LogP contribution is 2.40. The van der Waals surface area contributed by atoms with Crippen LogP contribution in [0.3, 0.4) is 0 Å². The van der Waals surface area contributed by atoms with Gasteiger partial charge in [-0.2, -0.15) is 0 Å². The molecule has 0 heterocycles. The number of aliphatic imine (C=N–C) groups is 1. The van der Waals surface area contributed by atoms with Gasteiger partial charge in [-0.25, -0.2) is 4.99 Å². The number of guanidine groups is 1. The van der Waals surface area contributed by atoms with E-state index in [9.17, 15) is 4.79 Å². The number of methoxy groups -OCH3 is 1. The Bertz CT molecular complexity index is 616. The molecule has 1 amide bonds. The van der Waals surface area contributed by atoms with Crippen LogP contribution in [-0.2, 0) is 16.0 Å². The summed E-state index contributed by atoms with van der Waals surface area (Å²) >= 11 is 0. The van der Waals surface area contributed by atoms with Gasteiger partial charge in [0.15, 0.2) is 5.96 Å². The fourth-order valence-electron chi connectivity index (χ4n) is 3.66. The zero-order chi connectivity index (χ0) is 20.2. The van der Waals surface area contributed by atoms with Crippen LogP contribution in [0.2, 0.25) is 0 Å². The fraction of sp³-hybridized carbons (Fsp3) is 0.636. The Morgan fingerprint density at radius 3 is 2.48 bits per heavy atom. The van der Waals surface area contributed by atoms with Gasteiger partial charge in [-0.3, -0.25) is 4.79 Å². The summed E-state index contributed by atoms with van der Waals surface area (Å²) in [5.41, 5.74) is 1.55. The second-order valence-corrected chi connectivity index (χ2v) is 7.92. The van der Waals surface area contributed by atoms with E-state index in [1.807, 2.05) is 6.07 Å². The van der Waals surface area contributed by atoms with Crippen LogP contribution in [0, 0.1) is 5.41 Å². The third-order valence-corrected chi connectivity index (χ3v) is 5.55. The van der Waals surface area contributed by atoms with E-state index < -0.39 is 0 Å². The number of nitrogens with one attached hydrogen (secondary N) is 2. The average Bonchev–Trinajstić information content (AvgIpc) is 3.17. The molecule has 0 unspecified atom stereocenters. The van der Waals surface area contributed by atoms with Crippen LogP contribution < -0.4 is 10.6 Å². The van der Waals surface area contributed by atoms with Crippen LogP contribution in [-0.4, -0.2) is 64.2 Å². The van der Waals surface area contributed by atoms with Crippen LogP contribution in [0.25, 0.3) is 0 Å². The summed E-state index contributed by atoms with van der Waals surface area (Å²) in [7, 11) is 5.28. The lowest BCUT2D eigenvalue weighted by Gasteiger charge is -2.30. The summed E-state index contributed by atoms with van der Waals surface area (Å²) in [6.45, 7) is 2.58. The summed E-state index contributed by atoms with van der Waals surface area (Å²) in [5.74, 6) is 0.717. The highest BCUT2D eigenvalue weighted by atomic mass is 127. The van der Waals surface area contributed by atoms with Crippen LogP contribution in [0.4, 0.5) is 0 Å². The smallest absolute Gasteiger partial charge is 0.243 e. The molecule has 1 aliphatic rings. The molecule has 1 aromatic rings. The van der Waals surface area contributed by atoms with Crippen LogP contribution in [0.15, 0.2) is 35.3 Å². The second-order valence-electron chi connectivity index (χ2n) is 7.92. The van der Waals surface area contributed by atoms with Gasteiger partial charge in [0, 0.05) is 40.9 Å². The number of rotatable bonds is 10. The van der Waals surface area contributed by atoms with Gasteiger partial charge in [-0.05, 0) is 36.7 Å². The molecule has 1 aliphatic carbocycles. The van der Waals surface area contributed by atoms with Gasteiger partial charge in [-0.15, -0.1) is 24.0 Å². The van der Waals surface area contributed by atoms with Gasteiger partial charge in [0.1, 0.15) is 6.54 Å². The van der Waals surface area contributed by atoms with E-state index in [2.05, 4.69) is 39.9 Å². The minimum atomic E-state index is -0.000813. The molecule has 0 aromatic heterocycles. The second kappa shape index (κ2) is 13.8. The van der Waals surface area contributed by atoms with Crippen molar-refractivity contribution in [2.75, 3.05) is 47.4 Å². The predicted octanol–water partition coefficient (Wildman–Crippen LogP) is 3.07. The predicted molar refractivity (Wildman–Crippen MR) is 130 cm³/mol. The summed E-state index contributed by atoms with van der Waals surface area (Å²) in [5, 5.41) is 6.90. The van der Waals surface area contributed by atoms with Crippen molar-refractivity contribution in [3.63, 3.8) is 0 Å². The monoisotopic (exact) mass is 516 g/mol. The lowest BCUT2D eigenvalue weighted by atomic mass is 9.83. The topological polar surface area (TPSA) is 66.0 Å². The first-order valence-electron chi connectivity index (χ1n) is 10.3. The molecule has 0 spiro atoms. The quantitative estimate of drug-likeness (QED) is 0.285. The number of benzene rings is 1. The van der Waals surface area contributed by atoms with Crippen LogP contribution >= 0.6 is 24.0 Å². The normalized spacial score (nSPS) is 15.5. The number of hydrogen-bond donors (Lipinski definition) is 2. The van der Waals surface area contributed by atoms with Gasteiger partial charge in [0.2, 0.25) is 5.91 Å². The number of carbonyl (C=O) groups excluding carboxylic acids is 1. The maximum atomic E-state index is 12.0. The van der Waals surface area contributed by atoms with Gasteiger partial charge in [-0.1, -0.05) is 43.2 Å². The Balaban J connectivity index is 0.00000420. The molecule has 164 valence electrons. The van der Waals surface area contributed by atoms with Crippen molar-refractivity contribution >= 4 is 35.8 Å². The molecule has 0 atom stereocenters. The maximum Gasteiger partial charge on any atom is 0.243 e. The Kier molecular flexibility index (Phi) is 12.2. The molecule has 0 aliphatic heterocycles. The van der Waals surface area contributed by atoms with Crippen molar-refractivity contribution in [1.82, 2.24) is 15.5 Å². The standard InChI is InChI=1S/C22H36N4O2.HI/c1-26(2)20(27)17-24-21(23-15-11-19-9-5-4-6-10-19)25-18-22(14-16-28-3)12-7-8-13-22;/h4-6,9-10H,7-8,11-18H2,1-3H3,(H2,23,24,25);1H. The van der Waals surface area contributed by atoms with Crippen molar-refractivity contribution < 1.29 is 9.53 Å². The van der Waals surface area contributed by atoms with Crippen molar-refractivity contribution in [2.24, 2.45) is 10.4 Å². The fourth-order valence-corrected chi connectivity index (χ4v) is 3.66. The molecule has 0 bridgehead atoms. The molecule has 2 N–H and O–H groups in total. The minimum absolute atomic E-state index is 0. The first-order valence-corrected chi connectivity index (χ1v) is 10.3. The summed E-state index contributed by atoms with van der Waals surface area (Å²) in [6.07, 6.45) is 6.97. The Morgan fingerprint density at radius 1 is 1.17 bits per heavy atom. The van der Waals surface area contributed by atoms with E-state index in [4.69, 9.17) is 4.74 Å². The lowest BCUT2D eigenvalue weighted by Crippen LogP contribution is -2.44. The Hall–Kier alpha value is -1.35. The highest BCUT2D eigenvalue weighted by Gasteiger charge is 2.33. The number of amides is 1. The van der Waals surface area contributed by atoms with Crippen LogP contribution in [0.5, 0.6) is 0 Å². The molecule has 1 saturated carbocycles. The van der Waals surface area contributed by atoms with E-state index in [-0.39, 0.29) is 41.8 Å². The van der Waals surface area contributed by atoms with Crippen molar-refractivity contribution in [1.29, 1.82) is 0 Å². The molecule has 6 nitrogen and oxygen atoms in total. The zero-order valence-corrected chi connectivity index (χ0v) is 20.4. The number of likely N-dealkylation sites (N-methyl/N-ethyl adjacent to an activating group) is 1. The number of halogens is 1. The lowest BCUT2D eigenvalue weighted by molar-refractivity contribution is -0.127. The van der Waals surface area contributed by atoms with Gasteiger partial charge >= 0.3 is 0 Å². The Morgan fingerprint density at radius 2 is 1.86 bits per heavy atom. The molecule has 0 saturated heterocycles. The van der Waals surface area contributed by atoms with E-state index in [0.717, 1.165) is 38.5 Å². The van der Waals surface area contributed by atoms with Crippen molar-refractivity contribution in [2.45, 2.75) is 38.5 Å². The van der Waals surface area contributed by atoms with Crippen molar-refractivity contribution in [3.05, 3.63) is 35.9 Å². The number of hydrogen-bond acceptors (Lipinski definition) is 3. The molecule has 29 heavy (non-hydrogen) atoms. The largest absolute Gasteiger partial charge is 0.385 e. The highest BCUT2D eigenvalue weighted by molar-refractivity contribution is 14.0.